The van der Waals surface area contributed by atoms with Crippen LogP contribution in [-0.2, 0) is 0 Å². The maximum absolute atomic E-state index is 9.39. The van der Waals surface area contributed by atoms with Crippen molar-refractivity contribution >= 4 is 10.9 Å². The highest BCUT2D eigenvalue weighted by Gasteiger charge is 2.12. The molecule has 1 aromatic heterocycles. The molecule has 0 spiro atoms. The summed E-state index contributed by atoms with van der Waals surface area (Å²) < 4.78 is 5.23. The Balaban J connectivity index is 2.27. The minimum Gasteiger partial charge on any atom is -0.497 e. The van der Waals surface area contributed by atoms with Crippen molar-refractivity contribution in [2.75, 3.05) is 7.11 Å². The van der Waals surface area contributed by atoms with E-state index in [9.17, 15) is 5.26 Å². The van der Waals surface area contributed by atoms with Crippen LogP contribution in [0.4, 0.5) is 0 Å². The van der Waals surface area contributed by atoms with E-state index in [4.69, 9.17) is 4.74 Å². The number of methoxy groups -OCH3 is 1. The Morgan fingerprint density at radius 1 is 1.11 bits per heavy atom. The first kappa shape index (κ1) is 11.4. The fraction of sp³-hybridized carbons (Fsp3) is 0.0625. The van der Waals surface area contributed by atoms with Gasteiger partial charge in [0.25, 0.3) is 0 Å². The second-order valence-corrected chi connectivity index (χ2v) is 4.26. The first-order valence-corrected chi connectivity index (χ1v) is 5.98. The average Bonchev–Trinajstić information content (AvgIpc) is 2.86. The lowest BCUT2D eigenvalue weighted by Crippen LogP contribution is -1.85. The van der Waals surface area contributed by atoms with Crippen LogP contribution < -0.4 is 4.74 Å². The van der Waals surface area contributed by atoms with E-state index in [1.54, 1.807) is 7.11 Å². The maximum Gasteiger partial charge on any atom is 0.119 e. The third kappa shape index (κ3) is 1.84. The number of benzene rings is 2. The summed E-state index contributed by atoms with van der Waals surface area (Å²) in [7, 11) is 1.63. The van der Waals surface area contributed by atoms with Crippen molar-refractivity contribution < 1.29 is 4.74 Å². The fourth-order valence-electron chi connectivity index (χ4n) is 2.25. The Morgan fingerprint density at radius 3 is 2.74 bits per heavy atom. The van der Waals surface area contributed by atoms with Crippen molar-refractivity contribution in [3.8, 4) is 23.1 Å². The number of H-pyrrole nitrogens is 1. The van der Waals surface area contributed by atoms with E-state index in [-0.39, 0.29) is 0 Å². The van der Waals surface area contributed by atoms with E-state index in [1.807, 2.05) is 48.5 Å². The van der Waals surface area contributed by atoms with E-state index in [0.29, 0.717) is 5.56 Å². The summed E-state index contributed by atoms with van der Waals surface area (Å²) in [6, 6.07) is 17.8. The van der Waals surface area contributed by atoms with E-state index >= 15 is 0 Å². The molecule has 0 bridgehead atoms. The highest BCUT2D eigenvalue weighted by Crippen LogP contribution is 2.31. The summed E-state index contributed by atoms with van der Waals surface area (Å²) in [6.07, 6.45) is 0. The molecule has 0 radical (unpaired) electrons. The second-order valence-electron chi connectivity index (χ2n) is 4.26. The lowest BCUT2D eigenvalue weighted by Gasteiger charge is -2.03. The highest BCUT2D eigenvalue weighted by atomic mass is 16.5. The van der Waals surface area contributed by atoms with Crippen LogP contribution in [0.1, 0.15) is 5.56 Å². The molecule has 0 saturated carbocycles. The van der Waals surface area contributed by atoms with E-state index < -0.39 is 0 Å². The van der Waals surface area contributed by atoms with Crippen LogP contribution in [0.3, 0.4) is 0 Å². The van der Waals surface area contributed by atoms with Crippen LogP contribution in [0, 0.1) is 11.3 Å². The number of para-hydroxylation sites is 1. The first-order valence-electron chi connectivity index (χ1n) is 5.98. The Morgan fingerprint density at radius 2 is 1.95 bits per heavy atom. The molecular formula is C16H12N2O. The zero-order valence-corrected chi connectivity index (χ0v) is 10.5. The maximum atomic E-state index is 9.39. The Labute approximate surface area is 111 Å². The van der Waals surface area contributed by atoms with Crippen LogP contribution in [0.25, 0.3) is 22.2 Å². The molecule has 3 rings (SSSR count). The number of fused-ring (bicyclic) bond motifs is 1. The fourth-order valence-corrected chi connectivity index (χ4v) is 2.25. The Hall–Kier alpha value is -2.73. The molecule has 2 aromatic carbocycles. The van der Waals surface area contributed by atoms with Crippen LogP contribution >= 0.6 is 0 Å². The molecular weight excluding hydrogens is 236 g/mol. The number of hydrogen-bond acceptors (Lipinski definition) is 2. The summed E-state index contributed by atoms with van der Waals surface area (Å²) in [4.78, 5) is 3.30. The number of nitriles is 1. The van der Waals surface area contributed by atoms with Gasteiger partial charge in [0.2, 0.25) is 0 Å². The number of ether oxygens (including phenoxy) is 1. The molecule has 0 saturated heterocycles. The second kappa shape index (κ2) is 4.51. The van der Waals surface area contributed by atoms with Gasteiger partial charge in [-0.3, -0.25) is 0 Å². The Bertz CT molecular complexity index is 781. The molecule has 0 unspecified atom stereocenters. The van der Waals surface area contributed by atoms with E-state index in [0.717, 1.165) is 27.9 Å². The van der Waals surface area contributed by atoms with Gasteiger partial charge in [0.1, 0.15) is 11.8 Å². The molecule has 3 aromatic rings. The molecule has 0 fully saturated rings. The average molecular weight is 248 g/mol. The molecule has 3 heteroatoms. The molecule has 0 amide bonds. The number of rotatable bonds is 2. The SMILES string of the molecule is COc1cccc(-c2[nH]c3ccccc3c2C#N)c1. The van der Waals surface area contributed by atoms with Gasteiger partial charge in [-0.2, -0.15) is 5.26 Å². The number of aromatic nitrogens is 1. The molecule has 0 atom stereocenters. The summed E-state index contributed by atoms with van der Waals surface area (Å²) >= 11 is 0. The lowest BCUT2D eigenvalue weighted by atomic mass is 10.1. The van der Waals surface area contributed by atoms with E-state index in [1.165, 1.54) is 0 Å². The molecule has 0 aliphatic rings. The van der Waals surface area contributed by atoms with Gasteiger partial charge in [-0.1, -0.05) is 30.3 Å². The molecule has 3 nitrogen and oxygen atoms in total. The number of nitrogens with zero attached hydrogens (tertiary/aromatic N) is 1. The molecule has 92 valence electrons. The van der Waals surface area contributed by atoms with E-state index in [2.05, 4.69) is 11.1 Å². The zero-order chi connectivity index (χ0) is 13.2. The monoisotopic (exact) mass is 248 g/mol. The van der Waals surface area contributed by atoms with Crippen molar-refractivity contribution in [2.24, 2.45) is 0 Å². The predicted molar refractivity (Wildman–Crippen MR) is 75.0 cm³/mol. The van der Waals surface area contributed by atoms with Crippen molar-refractivity contribution in [2.45, 2.75) is 0 Å². The minimum atomic E-state index is 0.670. The van der Waals surface area contributed by atoms with Gasteiger partial charge in [0, 0.05) is 16.5 Å². The van der Waals surface area contributed by atoms with Crippen molar-refractivity contribution in [3.63, 3.8) is 0 Å². The molecule has 19 heavy (non-hydrogen) atoms. The van der Waals surface area contributed by atoms with Crippen molar-refractivity contribution in [3.05, 3.63) is 54.1 Å². The number of hydrogen-bond donors (Lipinski definition) is 1. The molecule has 1 heterocycles. The lowest BCUT2D eigenvalue weighted by molar-refractivity contribution is 0.415. The van der Waals surface area contributed by atoms with Gasteiger partial charge in [-0.25, -0.2) is 0 Å². The van der Waals surface area contributed by atoms with Crippen LogP contribution in [-0.4, -0.2) is 12.1 Å². The quantitative estimate of drug-likeness (QED) is 0.751. The third-order valence-electron chi connectivity index (χ3n) is 3.18. The minimum absolute atomic E-state index is 0.670. The number of aromatic amines is 1. The summed E-state index contributed by atoms with van der Waals surface area (Å²) in [5.74, 6) is 0.778. The summed E-state index contributed by atoms with van der Waals surface area (Å²) in [5.41, 5.74) is 3.43. The zero-order valence-electron chi connectivity index (χ0n) is 10.5. The van der Waals surface area contributed by atoms with Gasteiger partial charge < -0.3 is 9.72 Å². The summed E-state index contributed by atoms with van der Waals surface area (Å²) in [6.45, 7) is 0. The van der Waals surface area contributed by atoms with Gasteiger partial charge in [0.05, 0.1) is 18.4 Å². The Kier molecular flexibility index (Phi) is 2.70. The van der Waals surface area contributed by atoms with Gasteiger partial charge >= 0.3 is 0 Å². The van der Waals surface area contributed by atoms with Crippen LogP contribution in [0.15, 0.2) is 48.5 Å². The third-order valence-corrected chi connectivity index (χ3v) is 3.18. The molecule has 0 aliphatic heterocycles. The van der Waals surface area contributed by atoms with Crippen LogP contribution in [0.5, 0.6) is 5.75 Å². The van der Waals surface area contributed by atoms with Crippen molar-refractivity contribution in [1.29, 1.82) is 5.26 Å². The topological polar surface area (TPSA) is 48.8 Å². The van der Waals surface area contributed by atoms with Gasteiger partial charge in [0.15, 0.2) is 0 Å². The molecule has 0 aliphatic carbocycles. The van der Waals surface area contributed by atoms with Crippen molar-refractivity contribution in [1.82, 2.24) is 4.98 Å². The van der Waals surface area contributed by atoms with Crippen LogP contribution in [0.2, 0.25) is 0 Å². The smallest absolute Gasteiger partial charge is 0.119 e. The van der Waals surface area contributed by atoms with Gasteiger partial charge in [-0.15, -0.1) is 0 Å². The normalized spacial score (nSPS) is 10.3. The number of nitrogens with one attached hydrogen (secondary N) is 1. The first-order chi connectivity index (χ1) is 9.33. The van der Waals surface area contributed by atoms with Gasteiger partial charge in [-0.05, 0) is 18.2 Å². The highest BCUT2D eigenvalue weighted by molar-refractivity contribution is 5.93. The largest absolute Gasteiger partial charge is 0.497 e. The summed E-state index contributed by atoms with van der Waals surface area (Å²) in [5, 5.41) is 10.3. The predicted octanol–water partition coefficient (Wildman–Crippen LogP) is 3.72. The molecule has 1 N–H and O–H groups in total. The standard InChI is InChI=1S/C16H12N2O/c1-19-12-6-4-5-11(9-12)16-14(10-17)13-7-2-3-8-15(13)18-16/h2-9,18H,1H3.